The maximum Gasteiger partial charge on any atom is 0.250 e. The van der Waals surface area contributed by atoms with E-state index < -0.39 is 5.91 Å². The highest BCUT2D eigenvalue weighted by atomic mass is 35.5. The maximum atomic E-state index is 11.3. The van der Waals surface area contributed by atoms with E-state index in [1.807, 2.05) is 31.2 Å². The number of nitrogens with two attached hydrogens (primary N) is 1. The number of benzene rings is 2. The highest BCUT2D eigenvalue weighted by Gasteiger charge is 2.10. The number of primary amides is 1. The van der Waals surface area contributed by atoms with Crippen molar-refractivity contribution in [2.24, 2.45) is 5.73 Å². The third-order valence-corrected chi connectivity index (χ3v) is 3.53. The summed E-state index contributed by atoms with van der Waals surface area (Å²) in [7, 11) is 0. The number of anilines is 1. The first-order chi connectivity index (χ1) is 9.47. The summed E-state index contributed by atoms with van der Waals surface area (Å²) in [5.41, 5.74) is 7.40. The van der Waals surface area contributed by atoms with Gasteiger partial charge in [-0.2, -0.15) is 0 Å². The smallest absolute Gasteiger partial charge is 0.250 e. The van der Waals surface area contributed by atoms with Crippen molar-refractivity contribution in [3.05, 3.63) is 63.6 Å². The van der Waals surface area contributed by atoms with Crippen molar-refractivity contribution in [3.63, 3.8) is 0 Å². The number of carbonyl (C=O) groups excluding carboxylic acids is 1. The second-order valence-electron chi connectivity index (χ2n) is 4.48. The van der Waals surface area contributed by atoms with Crippen LogP contribution in [-0.4, -0.2) is 5.91 Å². The fourth-order valence-corrected chi connectivity index (χ4v) is 2.32. The summed E-state index contributed by atoms with van der Waals surface area (Å²) < 4.78 is 0. The molecular formula is C15H14Cl2N2O. The molecule has 3 nitrogen and oxygen atoms in total. The predicted molar refractivity (Wildman–Crippen MR) is 83.5 cm³/mol. The first-order valence-electron chi connectivity index (χ1n) is 6.08. The lowest BCUT2D eigenvalue weighted by Crippen LogP contribution is -2.13. The number of rotatable bonds is 4. The standard InChI is InChI=1S/C15H14Cl2N2O/c1-9(10-3-2-4-11(16)7-10)19-12-5-6-14(17)13(8-12)15(18)20/h2-9,19H,1H3,(H2,18,20). The third kappa shape index (κ3) is 3.44. The van der Waals surface area contributed by atoms with Gasteiger partial charge in [0.2, 0.25) is 5.91 Å². The summed E-state index contributed by atoms with van der Waals surface area (Å²) in [6.07, 6.45) is 0. The Morgan fingerprint density at radius 2 is 1.95 bits per heavy atom. The third-order valence-electron chi connectivity index (χ3n) is 2.96. The summed E-state index contributed by atoms with van der Waals surface area (Å²) in [4.78, 5) is 11.3. The van der Waals surface area contributed by atoms with E-state index >= 15 is 0 Å². The van der Waals surface area contributed by atoms with Crippen LogP contribution in [0.4, 0.5) is 5.69 Å². The van der Waals surface area contributed by atoms with E-state index in [1.54, 1.807) is 18.2 Å². The van der Waals surface area contributed by atoms with Crippen molar-refractivity contribution in [2.45, 2.75) is 13.0 Å². The Kier molecular flexibility index (Phi) is 4.53. The molecule has 0 fully saturated rings. The van der Waals surface area contributed by atoms with Gasteiger partial charge >= 0.3 is 0 Å². The van der Waals surface area contributed by atoms with Gasteiger partial charge in [0, 0.05) is 16.8 Å². The Morgan fingerprint density at radius 3 is 2.60 bits per heavy atom. The second-order valence-corrected chi connectivity index (χ2v) is 5.32. The van der Waals surface area contributed by atoms with Gasteiger partial charge in [0.15, 0.2) is 0 Å². The molecule has 0 heterocycles. The Hall–Kier alpha value is -1.71. The zero-order valence-electron chi connectivity index (χ0n) is 10.9. The molecule has 0 saturated heterocycles. The molecule has 0 aromatic heterocycles. The zero-order chi connectivity index (χ0) is 14.7. The van der Waals surface area contributed by atoms with Gasteiger partial charge in [0.05, 0.1) is 10.6 Å². The minimum Gasteiger partial charge on any atom is -0.378 e. The molecule has 0 aliphatic carbocycles. The molecular weight excluding hydrogens is 295 g/mol. The SMILES string of the molecule is CC(Nc1ccc(Cl)c(C(N)=O)c1)c1cccc(Cl)c1. The number of hydrogen-bond acceptors (Lipinski definition) is 2. The van der Waals surface area contributed by atoms with Gasteiger partial charge in [-0.15, -0.1) is 0 Å². The zero-order valence-corrected chi connectivity index (χ0v) is 12.4. The number of carbonyl (C=O) groups is 1. The van der Waals surface area contributed by atoms with Gasteiger partial charge in [-0.1, -0.05) is 35.3 Å². The molecule has 2 aromatic rings. The van der Waals surface area contributed by atoms with E-state index in [4.69, 9.17) is 28.9 Å². The van der Waals surface area contributed by atoms with E-state index in [2.05, 4.69) is 5.32 Å². The summed E-state index contributed by atoms with van der Waals surface area (Å²) in [6.45, 7) is 2.00. The molecule has 2 rings (SSSR count). The highest BCUT2D eigenvalue weighted by Crippen LogP contribution is 2.25. The van der Waals surface area contributed by atoms with Crippen LogP contribution in [0.5, 0.6) is 0 Å². The molecule has 0 bridgehead atoms. The minimum absolute atomic E-state index is 0.0376. The van der Waals surface area contributed by atoms with Gasteiger partial charge in [-0.25, -0.2) is 0 Å². The quantitative estimate of drug-likeness (QED) is 0.886. The molecule has 0 spiro atoms. The number of nitrogens with one attached hydrogen (secondary N) is 1. The van der Waals surface area contributed by atoms with Crippen LogP contribution in [0.3, 0.4) is 0 Å². The number of amides is 1. The molecule has 1 atom stereocenters. The van der Waals surface area contributed by atoms with Crippen LogP contribution < -0.4 is 11.1 Å². The fraction of sp³-hybridized carbons (Fsp3) is 0.133. The lowest BCUT2D eigenvalue weighted by Gasteiger charge is -2.16. The molecule has 20 heavy (non-hydrogen) atoms. The monoisotopic (exact) mass is 308 g/mol. The van der Waals surface area contributed by atoms with Crippen LogP contribution in [0, 0.1) is 0 Å². The lowest BCUT2D eigenvalue weighted by atomic mass is 10.1. The average molecular weight is 309 g/mol. The summed E-state index contributed by atoms with van der Waals surface area (Å²) in [5.74, 6) is -0.547. The van der Waals surface area contributed by atoms with Crippen LogP contribution >= 0.6 is 23.2 Å². The Morgan fingerprint density at radius 1 is 1.20 bits per heavy atom. The Labute approximate surface area is 127 Å². The molecule has 0 aliphatic rings. The molecule has 2 aromatic carbocycles. The molecule has 1 unspecified atom stereocenters. The Bertz CT molecular complexity index is 644. The van der Waals surface area contributed by atoms with E-state index in [1.165, 1.54) is 0 Å². The second kappa shape index (κ2) is 6.16. The molecule has 5 heteroatoms. The van der Waals surface area contributed by atoms with Crippen LogP contribution in [0.1, 0.15) is 28.9 Å². The van der Waals surface area contributed by atoms with E-state index in [-0.39, 0.29) is 6.04 Å². The predicted octanol–water partition coefficient (Wildman–Crippen LogP) is 4.27. The maximum absolute atomic E-state index is 11.3. The summed E-state index contributed by atoms with van der Waals surface area (Å²) in [6, 6.07) is 12.7. The van der Waals surface area contributed by atoms with Crippen molar-refractivity contribution in [1.29, 1.82) is 0 Å². The molecule has 0 radical (unpaired) electrons. The first-order valence-corrected chi connectivity index (χ1v) is 6.84. The van der Waals surface area contributed by atoms with E-state index in [9.17, 15) is 4.79 Å². The largest absolute Gasteiger partial charge is 0.378 e. The van der Waals surface area contributed by atoms with Gasteiger partial charge in [0.1, 0.15) is 0 Å². The van der Waals surface area contributed by atoms with Gasteiger partial charge < -0.3 is 11.1 Å². The van der Waals surface area contributed by atoms with Crippen molar-refractivity contribution in [3.8, 4) is 0 Å². The van der Waals surface area contributed by atoms with E-state index in [0.29, 0.717) is 15.6 Å². The average Bonchev–Trinajstić information content (AvgIpc) is 2.40. The molecule has 1 amide bonds. The first kappa shape index (κ1) is 14.7. The Balaban J connectivity index is 2.22. The van der Waals surface area contributed by atoms with Crippen molar-refractivity contribution >= 4 is 34.8 Å². The highest BCUT2D eigenvalue weighted by molar-refractivity contribution is 6.33. The molecule has 3 N–H and O–H groups in total. The fourth-order valence-electron chi connectivity index (χ4n) is 1.91. The summed E-state index contributed by atoms with van der Waals surface area (Å²) in [5, 5.41) is 4.31. The van der Waals surface area contributed by atoms with Gasteiger partial charge in [0.25, 0.3) is 0 Å². The van der Waals surface area contributed by atoms with Gasteiger partial charge in [-0.3, -0.25) is 4.79 Å². The number of halogens is 2. The minimum atomic E-state index is -0.547. The van der Waals surface area contributed by atoms with Crippen LogP contribution in [0.15, 0.2) is 42.5 Å². The van der Waals surface area contributed by atoms with Crippen LogP contribution in [0.25, 0.3) is 0 Å². The van der Waals surface area contributed by atoms with Crippen molar-refractivity contribution in [2.75, 3.05) is 5.32 Å². The molecule has 104 valence electrons. The van der Waals surface area contributed by atoms with Crippen LogP contribution in [-0.2, 0) is 0 Å². The van der Waals surface area contributed by atoms with Crippen molar-refractivity contribution < 1.29 is 4.79 Å². The normalized spacial score (nSPS) is 11.9. The van der Waals surface area contributed by atoms with Gasteiger partial charge in [-0.05, 0) is 42.8 Å². The number of hydrogen-bond donors (Lipinski definition) is 2. The van der Waals surface area contributed by atoms with Crippen molar-refractivity contribution in [1.82, 2.24) is 0 Å². The van der Waals surface area contributed by atoms with E-state index in [0.717, 1.165) is 11.3 Å². The topological polar surface area (TPSA) is 55.1 Å². The lowest BCUT2D eigenvalue weighted by molar-refractivity contribution is 0.100. The summed E-state index contributed by atoms with van der Waals surface area (Å²) >= 11 is 11.9. The molecule has 0 aliphatic heterocycles. The van der Waals surface area contributed by atoms with Crippen LogP contribution in [0.2, 0.25) is 10.0 Å². The molecule has 0 saturated carbocycles.